The summed E-state index contributed by atoms with van der Waals surface area (Å²) in [4.78, 5) is 14.8. The fraction of sp³-hybridized carbons (Fsp3) is 0.435. The lowest BCUT2D eigenvalue weighted by atomic mass is 9.98. The maximum atomic E-state index is 13.4. The van der Waals surface area contributed by atoms with Crippen LogP contribution < -0.4 is 14.2 Å². The molecule has 1 saturated heterocycles. The minimum absolute atomic E-state index is 0.0408. The second kappa shape index (κ2) is 10.2. The second-order valence-electron chi connectivity index (χ2n) is 7.76. The summed E-state index contributed by atoms with van der Waals surface area (Å²) in [6.45, 7) is 0.930. The monoisotopic (exact) mass is 462 g/mol. The van der Waals surface area contributed by atoms with Crippen LogP contribution in [0.15, 0.2) is 47.4 Å². The molecule has 1 atom stereocenters. The highest BCUT2D eigenvalue weighted by atomic mass is 32.2. The van der Waals surface area contributed by atoms with Crippen LogP contribution >= 0.6 is 0 Å². The number of hydrogen-bond acceptors (Lipinski definition) is 6. The number of hydrogen-bond donors (Lipinski definition) is 0. The van der Waals surface area contributed by atoms with Crippen molar-refractivity contribution in [2.24, 2.45) is 5.92 Å². The topological polar surface area (TPSA) is 85.4 Å². The van der Waals surface area contributed by atoms with Gasteiger partial charge in [0.25, 0.3) is 0 Å². The summed E-state index contributed by atoms with van der Waals surface area (Å²) in [5, 5.41) is 0. The molecule has 8 nitrogen and oxygen atoms in total. The molecule has 1 aliphatic rings. The lowest BCUT2D eigenvalue weighted by Gasteiger charge is -2.33. The third kappa shape index (κ3) is 5.16. The van der Waals surface area contributed by atoms with Gasteiger partial charge in [-0.3, -0.25) is 4.79 Å². The second-order valence-corrected chi connectivity index (χ2v) is 9.67. The number of amides is 1. The van der Waals surface area contributed by atoms with Gasteiger partial charge in [0.2, 0.25) is 15.9 Å². The summed E-state index contributed by atoms with van der Waals surface area (Å²) < 4.78 is 43.8. The Balaban J connectivity index is 1.74. The van der Waals surface area contributed by atoms with Crippen molar-refractivity contribution in [1.29, 1.82) is 0 Å². The third-order valence-electron chi connectivity index (χ3n) is 5.68. The number of carbonyl (C=O) groups excluding carboxylic acids is 1. The fourth-order valence-electron chi connectivity index (χ4n) is 3.88. The van der Waals surface area contributed by atoms with E-state index in [0.29, 0.717) is 31.7 Å². The number of nitrogens with zero attached hydrogens (tertiary/aromatic N) is 2. The first-order chi connectivity index (χ1) is 15.3. The number of piperidine rings is 1. The van der Waals surface area contributed by atoms with Gasteiger partial charge in [-0.15, -0.1) is 0 Å². The van der Waals surface area contributed by atoms with Crippen LogP contribution in [0.2, 0.25) is 0 Å². The Hall–Kier alpha value is -2.78. The standard InChI is InChI=1S/C23H30N2O6S/c1-24(15-17-7-9-19(29-2)10-8-17)23(26)18-6-5-13-25(16-18)32(27,28)22-14-20(30-3)11-12-21(22)31-4/h7-12,14,18H,5-6,13,15-16H2,1-4H3/t18-/m0/s1. The number of ether oxygens (including phenoxy) is 3. The van der Waals surface area contributed by atoms with Gasteiger partial charge in [-0.05, 0) is 42.7 Å². The van der Waals surface area contributed by atoms with Gasteiger partial charge in [0.05, 0.1) is 27.2 Å². The highest BCUT2D eigenvalue weighted by Gasteiger charge is 2.36. The number of rotatable bonds is 8. The predicted molar refractivity (Wildman–Crippen MR) is 120 cm³/mol. The first kappa shape index (κ1) is 23.9. The van der Waals surface area contributed by atoms with Crippen molar-refractivity contribution >= 4 is 15.9 Å². The highest BCUT2D eigenvalue weighted by Crippen LogP contribution is 2.33. The summed E-state index contributed by atoms with van der Waals surface area (Å²) in [5.74, 6) is 0.949. The van der Waals surface area contributed by atoms with Crippen LogP contribution in [-0.2, 0) is 21.4 Å². The van der Waals surface area contributed by atoms with E-state index in [-0.39, 0.29) is 23.1 Å². The van der Waals surface area contributed by atoms with Gasteiger partial charge in [0, 0.05) is 32.7 Å². The molecule has 0 aliphatic carbocycles. The fourth-order valence-corrected chi connectivity index (χ4v) is 5.58. The Morgan fingerprint density at radius 2 is 1.69 bits per heavy atom. The van der Waals surface area contributed by atoms with E-state index in [9.17, 15) is 13.2 Å². The molecule has 2 aromatic carbocycles. The van der Waals surface area contributed by atoms with E-state index in [1.54, 1.807) is 31.2 Å². The third-order valence-corrected chi connectivity index (χ3v) is 7.56. The summed E-state index contributed by atoms with van der Waals surface area (Å²) in [6.07, 6.45) is 1.26. The van der Waals surface area contributed by atoms with Crippen LogP contribution in [0.25, 0.3) is 0 Å². The molecule has 2 aromatic rings. The summed E-state index contributed by atoms with van der Waals surface area (Å²) in [7, 11) is 2.40. The first-order valence-corrected chi connectivity index (χ1v) is 11.8. The van der Waals surface area contributed by atoms with Crippen molar-refractivity contribution in [3.63, 3.8) is 0 Å². The van der Waals surface area contributed by atoms with Crippen LogP contribution in [0.1, 0.15) is 18.4 Å². The SMILES string of the molecule is COc1ccc(CN(C)C(=O)[C@H]2CCCN(S(=O)(=O)c3cc(OC)ccc3OC)C2)cc1. The van der Waals surface area contributed by atoms with Crippen molar-refractivity contribution in [3.05, 3.63) is 48.0 Å². The zero-order valence-corrected chi connectivity index (χ0v) is 19.7. The first-order valence-electron chi connectivity index (χ1n) is 10.4. The number of methoxy groups -OCH3 is 3. The molecular formula is C23H30N2O6S. The molecular weight excluding hydrogens is 432 g/mol. The van der Waals surface area contributed by atoms with E-state index in [1.807, 2.05) is 24.3 Å². The van der Waals surface area contributed by atoms with E-state index in [0.717, 1.165) is 11.3 Å². The van der Waals surface area contributed by atoms with Crippen molar-refractivity contribution in [3.8, 4) is 17.2 Å². The maximum absolute atomic E-state index is 13.4. The Morgan fingerprint density at radius 3 is 2.31 bits per heavy atom. The van der Waals surface area contributed by atoms with Crippen LogP contribution in [0.5, 0.6) is 17.2 Å². The summed E-state index contributed by atoms with van der Waals surface area (Å²) >= 11 is 0. The van der Waals surface area contributed by atoms with Gasteiger partial charge in [0.1, 0.15) is 22.1 Å². The van der Waals surface area contributed by atoms with E-state index >= 15 is 0 Å². The minimum atomic E-state index is -3.85. The number of carbonyl (C=O) groups is 1. The van der Waals surface area contributed by atoms with Crippen molar-refractivity contribution in [1.82, 2.24) is 9.21 Å². The molecule has 0 radical (unpaired) electrons. The van der Waals surface area contributed by atoms with Crippen LogP contribution in [0, 0.1) is 5.92 Å². The minimum Gasteiger partial charge on any atom is -0.497 e. The summed E-state index contributed by atoms with van der Waals surface area (Å²) in [5.41, 5.74) is 0.975. The number of sulfonamides is 1. The molecule has 3 rings (SSSR count). The highest BCUT2D eigenvalue weighted by molar-refractivity contribution is 7.89. The van der Waals surface area contributed by atoms with Gasteiger partial charge in [-0.2, -0.15) is 4.31 Å². The van der Waals surface area contributed by atoms with Gasteiger partial charge >= 0.3 is 0 Å². The van der Waals surface area contributed by atoms with Gasteiger partial charge in [-0.25, -0.2) is 8.42 Å². The van der Waals surface area contributed by atoms with Crippen molar-refractivity contribution < 1.29 is 27.4 Å². The quantitative estimate of drug-likeness (QED) is 0.600. The largest absolute Gasteiger partial charge is 0.497 e. The van der Waals surface area contributed by atoms with Crippen LogP contribution in [-0.4, -0.2) is 65.0 Å². The van der Waals surface area contributed by atoms with E-state index in [2.05, 4.69) is 0 Å². The average Bonchev–Trinajstić information content (AvgIpc) is 2.83. The lowest BCUT2D eigenvalue weighted by Crippen LogP contribution is -2.45. The molecule has 32 heavy (non-hydrogen) atoms. The van der Waals surface area contributed by atoms with Crippen LogP contribution in [0.3, 0.4) is 0 Å². The molecule has 0 saturated carbocycles. The van der Waals surface area contributed by atoms with E-state index < -0.39 is 15.9 Å². The Labute approximate surface area is 189 Å². The van der Waals surface area contributed by atoms with E-state index in [4.69, 9.17) is 14.2 Å². The molecule has 1 aliphatic heterocycles. The molecule has 0 N–H and O–H groups in total. The zero-order chi connectivity index (χ0) is 23.3. The summed E-state index contributed by atoms with van der Waals surface area (Å²) in [6, 6.07) is 12.2. The number of benzene rings is 2. The molecule has 0 aromatic heterocycles. The molecule has 0 spiro atoms. The average molecular weight is 463 g/mol. The molecule has 0 unspecified atom stereocenters. The smallest absolute Gasteiger partial charge is 0.246 e. The lowest BCUT2D eigenvalue weighted by molar-refractivity contribution is -0.135. The maximum Gasteiger partial charge on any atom is 0.246 e. The van der Waals surface area contributed by atoms with Gasteiger partial charge in [0.15, 0.2) is 0 Å². The van der Waals surface area contributed by atoms with Crippen molar-refractivity contribution in [2.45, 2.75) is 24.3 Å². The normalized spacial score (nSPS) is 16.9. The Kier molecular flexibility index (Phi) is 7.63. The zero-order valence-electron chi connectivity index (χ0n) is 18.9. The van der Waals surface area contributed by atoms with Gasteiger partial charge in [-0.1, -0.05) is 12.1 Å². The Morgan fingerprint density at radius 1 is 1.03 bits per heavy atom. The van der Waals surface area contributed by atoms with Crippen molar-refractivity contribution in [2.75, 3.05) is 41.5 Å². The molecule has 9 heteroatoms. The molecule has 1 heterocycles. The molecule has 1 fully saturated rings. The Bertz CT molecular complexity index is 1040. The molecule has 1 amide bonds. The van der Waals surface area contributed by atoms with E-state index in [1.165, 1.54) is 24.6 Å². The van der Waals surface area contributed by atoms with Gasteiger partial charge < -0.3 is 19.1 Å². The molecule has 0 bridgehead atoms. The van der Waals surface area contributed by atoms with Crippen LogP contribution in [0.4, 0.5) is 0 Å². The molecule has 174 valence electrons. The predicted octanol–water partition coefficient (Wildman–Crippen LogP) is 2.77.